The van der Waals surface area contributed by atoms with E-state index in [2.05, 4.69) is 16.4 Å². The second-order valence-corrected chi connectivity index (χ2v) is 4.11. The van der Waals surface area contributed by atoms with Gasteiger partial charge in [0.25, 0.3) is 0 Å². The van der Waals surface area contributed by atoms with Crippen LogP contribution in [0.2, 0.25) is 0 Å². The van der Waals surface area contributed by atoms with Gasteiger partial charge in [0.2, 0.25) is 0 Å². The van der Waals surface area contributed by atoms with Crippen LogP contribution in [0.25, 0.3) is 0 Å². The highest BCUT2D eigenvalue weighted by Gasteiger charge is 2.24. The summed E-state index contributed by atoms with van der Waals surface area (Å²) in [7, 11) is 0. The van der Waals surface area contributed by atoms with Crippen LogP contribution < -0.4 is 5.32 Å². The molecule has 84 valence electrons. The molecule has 1 aliphatic heterocycles. The first-order valence-corrected chi connectivity index (χ1v) is 5.46. The normalized spacial score (nSPS) is 24.1. The number of nitrogens with zero attached hydrogens (tertiary/aromatic N) is 2. The van der Waals surface area contributed by atoms with E-state index in [1.807, 2.05) is 13.8 Å². The number of hydrogen-bond acceptors (Lipinski definition) is 4. The lowest BCUT2D eigenvalue weighted by Gasteiger charge is -2.16. The predicted molar refractivity (Wildman–Crippen MR) is 61.1 cm³/mol. The molecule has 4 nitrogen and oxygen atoms in total. The van der Waals surface area contributed by atoms with Crippen molar-refractivity contribution in [1.29, 1.82) is 5.26 Å². The van der Waals surface area contributed by atoms with E-state index in [1.54, 1.807) is 12.1 Å². The van der Waals surface area contributed by atoms with Gasteiger partial charge in [-0.25, -0.2) is 4.98 Å². The number of nitrogens with one attached hydrogen (secondary N) is 1. The smallest absolute Gasteiger partial charge is 0.127 e. The average Bonchev–Trinajstić information content (AvgIpc) is 2.63. The minimum absolute atomic E-state index is 0.202. The minimum Gasteiger partial charge on any atom is -0.376 e. The third-order valence-corrected chi connectivity index (χ3v) is 2.79. The maximum absolute atomic E-state index is 8.87. The molecule has 4 heteroatoms. The Labute approximate surface area is 95.3 Å². The van der Waals surface area contributed by atoms with Crippen LogP contribution >= 0.6 is 0 Å². The summed E-state index contributed by atoms with van der Waals surface area (Å²) in [4.78, 5) is 4.36. The SMILES string of the molecule is Cc1cc(C#N)cc(NC2CCOC2C)n1. The van der Waals surface area contributed by atoms with E-state index in [0.29, 0.717) is 11.6 Å². The lowest BCUT2D eigenvalue weighted by Crippen LogP contribution is -2.27. The summed E-state index contributed by atoms with van der Waals surface area (Å²) in [6.07, 6.45) is 1.19. The Balaban J connectivity index is 2.15. The number of aromatic nitrogens is 1. The molecule has 0 bridgehead atoms. The summed E-state index contributed by atoms with van der Waals surface area (Å²) < 4.78 is 5.47. The van der Waals surface area contributed by atoms with Crippen molar-refractivity contribution in [3.63, 3.8) is 0 Å². The van der Waals surface area contributed by atoms with Gasteiger partial charge in [-0.15, -0.1) is 0 Å². The molecule has 16 heavy (non-hydrogen) atoms. The van der Waals surface area contributed by atoms with Crippen molar-refractivity contribution in [2.24, 2.45) is 0 Å². The molecule has 0 spiro atoms. The van der Waals surface area contributed by atoms with E-state index >= 15 is 0 Å². The molecular weight excluding hydrogens is 202 g/mol. The second kappa shape index (κ2) is 4.50. The van der Waals surface area contributed by atoms with E-state index in [1.165, 1.54) is 0 Å². The van der Waals surface area contributed by atoms with Crippen LogP contribution in [-0.2, 0) is 4.74 Å². The standard InChI is InChI=1S/C12H15N3O/c1-8-5-10(7-13)6-12(14-8)15-11-3-4-16-9(11)2/h5-6,9,11H,3-4H2,1-2H3,(H,14,15). The summed E-state index contributed by atoms with van der Waals surface area (Å²) in [5, 5.41) is 12.2. The molecule has 1 fully saturated rings. The Morgan fingerprint density at radius 1 is 1.56 bits per heavy atom. The van der Waals surface area contributed by atoms with Gasteiger partial charge in [-0.1, -0.05) is 0 Å². The van der Waals surface area contributed by atoms with Crippen molar-refractivity contribution in [3.05, 3.63) is 23.4 Å². The molecule has 0 saturated carbocycles. The lowest BCUT2D eigenvalue weighted by molar-refractivity contribution is 0.121. The Hall–Kier alpha value is -1.60. The molecule has 0 aromatic carbocycles. The highest BCUT2D eigenvalue weighted by atomic mass is 16.5. The molecule has 2 heterocycles. The lowest BCUT2D eigenvalue weighted by atomic mass is 10.1. The first-order valence-electron chi connectivity index (χ1n) is 5.46. The number of ether oxygens (including phenoxy) is 1. The number of aryl methyl sites for hydroxylation is 1. The monoisotopic (exact) mass is 217 g/mol. The quantitative estimate of drug-likeness (QED) is 0.821. The predicted octanol–water partition coefficient (Wildman–Crippen LogP) is 1.85. The molecule has 1 aliphatic rings. The van der Waals surface area contributed by atoms with Crippen LogP contribution in [0.5, 0.6) is 0 Å². The molecule has 1 aromatic rings. The molecule has 0 aliphatic carbocycles. The number of hydrogen-bond donors (Lipinski definition) is 1. The molecule has 0 amide bonds. The highest BCUT2D eigenvalue weighted by Crippen LogP contribution is 2.18. The topological polar surface area (TPSA) is 57.9 Å². The summed E-state index contributed by atoms with van der Waals surface area (Å²) in [6, 6.07) is 5.98. The van der Waals surface area contributed by atoms with Gasteiger partial charge < -0.3 is 10.1 Å². The van der Waals surface area contributed by atoms with E-state index < -0.39 is 0 Å². The largest absolute Gasteiger partial charge is 0.376 e. The van der Waals surface area contributed by atoms with Crippen LogP contribution in [0.4, 0.5) is 5.82 Å². The Bertz CT molecular complexity index is 425. The molecule has 2 rings (SSSR count). The van der Waals surface area contributed by atoms with Crippen LogP contribution in [0.15, 0.2) is 12.1 Å². The van der Waals surface area contributed by atoms with E-state index in [0.717, 1.165) is 24.5 Å². The van der Waals surface area contributed by atoms with Crippen molar-refractivity contribution in [2.45, 2.75) is 32.4 Å². The summed E-state index contributed by atoms with van der Waals surface area (Å²) in [5.74, 6) is 0.763. The van der Waals surface area contributed by atoms with Gasteiger partial charge in [-0.05, 0) is 32.4 Å². The molecule has 1 saturated heterocycles. The number of nitriles is 1. The fourth-order valence-corrected chi connectivity index (χ4v) is 1.92. The maximum atomic E-state index is 8.87. The number of anilines is 1. The van der Waals surface area contributed by atoms with E-state index in [9.17, 15) is 0 Å². The van der Waals surface area contributed by atoms with Gasteiger partial charge in [0.1, 0.15) is 5.82 Å². The fraction of sp³-hybridized carbons (Fsp3) is 0.500. The Morgan fingerprint density at radius 2 is 2.38 bits per heavy atom. The second-order valence-electron chi connectivity index (χ2n) is 4.11. The minimum atomic E-state index is 0.202. The van der Waals surface area contributed by atoms with E-state index in [4.69, 9.17) is 10.00 Å². The van der Waals surface area contributed by atoms with Gasteiger partial charge in [-0.3, -0.25) is 0 Å². The number of pyridine rings is 1. The molecule has 1 N–H and O–H groups in total. The molecule has 2 unspecified atom stereocenters. The molecule has 1 aromatic heterocycles. The zero-order valence-electron chi connectivity index (χ0n) is 9.53. The van der Waals surface area contributed by atoms with Crippen LogP contribution in [-0.4, -0.2) is 23.7 Å². The first-order chi connectivity index (χ1) is 7.69. The number of rotatable bonds is 2. The molecule has 0 radical (unpaired) electrons. The first kappa shape index (κ1) is 10.9. The van der Waals surface area contributed by atoms with Crippen molar-refractivity contribution in [3.8, 4) is 6.07 Å². The summed E-state index contributed by atoms with van der Waals surface area (Å²) in [6.45, 7) is 4.72. The molecule has 2 atom stereocenters. The third-order valence-electron chi connectivity index (χ3n) is 2.79. The Kier molecular flexibility index (Phi) is 3.07. The van der Waals surface area contributed by atoms with Gasteiger partial charge in [0.05, 0.1) is 23.8 Å². The van der Waals surface area contributed by atoms with Crippen molar-refractivity contribution in [2.75, 3.05) is 11.9 Å². The summed E-state index contributed by atoms with van der Waals surface area (Å²) in [5.41, 5.74) is 1.50. The van der Waals surface area contributed by atoms with Gasteiger partial charge in [-0.2, -0.15) is 5.26 Å². The fourth-order valence-electron chi connectivity index (χ4n) is 1.92. The zero-order chi connectivity index (χ0) is 11.5. The van der Waals surface area contributed by atoms with Crippen molar-refractivity contribution >= 4 is 5.82 Å². The third kappa shape index (κ3) is 2.31. The van der Waals surface area contributed by atoms with Gasteiger partial charge in [0, 0.05) is 12.3 Å². The molecular formula is C12H15N3O. The van der Waals surface area contributed by atoms with Gasteiger partial charge >= 0.3 is 0 Å². The maximum Gasteiger partial charge on any atom is 0.127 e. The summed E-state index contributed by atoms with van der Waals surface area (Å²) >= 11 is 0. The van der Waals surface area contributed by atoms with Gasteiger partial charge in [0.15, 0.2) is 0 Å². The van der Waals surface area contributed by atoms with Crippen LogP contribution in [0, 0.1) is 18.3 Å². The van der Waals surface area contributed by atoms with Crippen LogP contribution in [0.1, 0.15) is 24.6 Å². The highest BCUT2D eigenvalue weighted by molar-refractivity contribution is 5.45. The van der Waals surface area contributed by atoms with Crippen molar-refractivity contribution in [1.82, 2.24) is 4.98 Å². The van der Waals surface area contributed by atoms with Crippen LogP contribution in [0.3, 0.4) is 0 Å². The zero-order valence-corrected chi connectivity index (χ0v) is 9.53. The Morgan fingerprint density at radius 3 is 3.00 bits per heavy atom. The van der Waals surface area contributed by atoms with Crippen molar-refractivity contribution < 1.29 is 4.74 Å². The van der Waals surface area contributed by atoms with E-state index in [-0.39, 0.29) is 6.10 Å². The average molecular weight is 217 g/mol.